The van der Waals surface area contributed by atoms with Gasteiger partial charge in [0.25, 0.3) is 0 Å². The van der Waals surface area contributed by atoms with E-state index in [9.17, 15) is 4.79 Å². The Bertz CT molecular complexity index is 1180. The first-order chi connectivity index (χ1) is 15.3. The lowest BCUT2D eigenvalue weighted by molar-refractivity contribution is -0.116. The summed E-state index contributed by atoms with van der Waals surface area (Å²) in [5.41, 5.74) is 2.99. The van der Waals surface area contributed by atoms with Crippen LogP contribution in [0.3, 0.4) is 0 Å². The van der Waals surface area contributed by atoms with E-state index in [-0.39, 0.29) is 5.91 Å². The number of aryl methyl sites for hydroxylation is 1. The zero-order valence-electron chi connectivity index (χ0n) is 17.3. The Kier molecular flexibility index (Phi) is 5.35. The number of H-pyrrole nitrogens is 1. The van der Waals surface area contributed by atoms with Crippen molar-refractivity contribution in [1.29, 1.82) is 0 Å². The maximum absolute atomic E-state index is 12.6. The molecule has 1 aliphatic rings. The monoisotopic (exact) mass is 415 g/mol. The average Bonchev–Trinajstić information content (AvgIpc) is 3.43. The van der Waals surface area contributed by atoms with Gasteiger partial charge in [0, 0.05) is 31.6 Å². The van der Waals surface area contributed by atoms with E-state index in [2.05, 4.69) is 36.0 Å². The van der Waals surface area contributed by atoms with Crippen LogP contribution in [0.15, 0.2) is 54.6 Å². The predicted octanol–water partition coefficient (Wildman–Crippen LogP) is 3.71. The normalized spacial score (nSPS) is 14.1. The largest absolute Gasteiger partial charge is 0.340 e. The number of aromatic nitrogens is 5. The second-order valence-corrected chi connectivity index (χ2v) is 7.77. The average molecular weight is 416 g/mol. The second-order valence-electron chi connectivity index (χ2n) is 7.77. The van der Waals surface area contributed by atoms with Crippen molar-refractivity contribution in [2.75, 3.05) is 23.3 Å². The standard InChI is InChI=1S/C23H25N7O/c31-21(25-22-26-23(28-27-22)29-15-7-2-8-16-29)14-13-20-24-18-11-5-6-12-19(18)30(20)17-9-3-1-4-10-17/h1,3-6,9-12H,2,7-8,13-16H2,(H2,25,26,27,28,31). The molecule has 0 atom stereocenters. The van der Waals surface area contributed by atoms with Crippen molar-refractivity contribution in [2.24, 2.45) is 0 Å². The highest BCUT2D eigenvalue weighted by atomic mass is 16.1. The van der Waals surface area contributed by atoms with Gasteiger partial charge in [0.2, 0.25) is 17.8 Å². The van der Waals surface area contributed by atoms with Gasteiger partial charge < -0.3 is 4.90 Å². The molecular formula is C23H25N7O. The number of piperidine rings is 1. The van der Waals surface area contributed by atoms with Crippen LogP contribution in [-0.4, -0.2) is 43.7 Å². The van der Waals surface area contributed by atoms with Crippen molar-refractivity contribution < 1.29 is 4.79 Å². The van der Waals surface area contributed by atoms with Crippen molar-refractivity contribution in [3.05, 3.63) is 60.4 Å². The Balaban J connectivity index is 1.29. The molecule has 1 fully saturated rings. The molecule has 0 bridgehead atoms. The van der Waals surface area contributed by atoms with Gasteiger partial charge in [-0.15, -0.1) is 5.10 Å². The Morgan fingerprint density at radius 3 is 2.58 bits per heavy atom. The van der Waals surface area contributed by atoms with Crippen molar-refractivity contribution in [1.82, 2.24) is 24.7 Å². The molecule has 0 aliphatic carbocycles. The summed E-state index contributed by atoms with van der Waals surface area (Å²) in [6, 6.07) is 18.1. The first kappa shape index (κ1) is 19.3. The van der Waals surface area contributed by atoms with Gasteiger partial charge in [0.15, 0.2) is 0 Å². The molecule has 0 saturated carbocycles. The van der Waals surface area contributed by atoms with Gasteiger partial charge in [-0.25, -0.2) is 10.1 Å². The van der Waals surface area contributed by atoms with Crippen molar-refractivity contribution in [3.63, 3.8) is 0 Å². The first-order valence-electron chi connectivity index (χ1n) is 10.8. The van der Waals surface area contributed by atoms with Gasteiger partial charge in [0.1, 0.15) is 5.82 Å². The Hall–Kier alpha value is -3.68. The van der Waals surface area contributed by atoms with Crippen LogP contribution in [0, 0.1) is 0 Å². The number of carbonyl (C=O) groups is 1. The molecule has 4 aromatic rings. The van der Waals surface area contributed by atoms with Crippen LogP contribution in [0.1, 0.15) is 31.5 Å². The lowest BCUT2D eigenvalue weighted by Crippen LogP contribution is -2.30. The molecule has 8 heteroatoms. The molecule has 2 N–H and O–H groups in total. The molecule has 0 radical (unpaired) electrons. The highest BCUT2D eigenvalue weighted by molar-refractivity contribution is 5.89. The third kappa shape index (κ3) is 4.14. The van der Waals surface area contributed by atoms with E-state index in [1.165, 1.54) is 6.42 Å². The SMILES string of the molecule is O=C(CCc1nc2ccccc2n1-c1ccccc1)Nc1nc(N2CCCCC2)n[nH]1. The third-order valence-electron chi connectivity index (χ3n) is 5.59. The molecule has 2 aromatic heterocycles. The maximum Gasteiger partial charge on any atom is 0.246 e. The van der Waals surface area contributed by atoms with Gasteiger partial charge in [-0.2, -0.15) is 4.98 Å². The fraction of sp³-hybridized carbons (Fsp3) is 0.304. The maximum atomic E-state index is 12.6. The van der Waals surface area contributed by atoms with Crippen LogP contribution in [0.4, 0.5) is 11.9 Å². The summed E-state index contributed by atoms with van der Waals surface area (Å²) >= 11 is 0. The summed E-state index contributed by atoms with van der Waals surface area (Å²) in [7, 11) is 0. The first-order valence-corrected chi connectivity index (χ1v) is 10.8. The molecule has 5 rings (SSSR count). The summed E-state index contributed by atoms with van der Waals surface area (Å²) in [6.07, 6.45) is 4.37. The van der Waals surface area contributed by atoms with E-state index in [1.807, 2.05) is 48.5 Å². The van der Waals surface area contributed by atoms with E-state index in [4.69, 9.17) is 4.98 Å². The van der Waals surface area contributed by atoms with Crippen LogP contribution in [0.25, 0.3) is 16.7 Å². The minimum atomic E-state index is -0.118. The molecule has 0 unspecified atom stereocenters. The molecule has 1 saturated heterocycles. The smallest absolute Gasteiger partial charge is 0.246 e. The molecule has 3 heterocycles. The Morgan fingerprint density at radius 1 is 0.968 bits per heavy atom. The Labute approximate surface area is 180 Å². The van der Waals surface area contributed by atoms with E-state index >= 15 is 0 Å². The van der Waals surface area contributed by atoms with E-state index in [0.717, 1.165) is 48.5 Å². The number of nitrogens with one attached hydrogen (secondary N) is 2. The predicted molar refractivity (Wildman–Crippen MR) is 120 cm³/mol. The Morgan fingerprint density at radius 2 is 1.74 bits per heavy atom. The van der Waals surface area contributed by atoms with Crippen molar-refractivity contribution in [2.45, 2.75) is 32.1 Å². The summed E-state index contributed by atoms with van der Waals surface area (Å²) in [4.78, 5) is 23.9. The number of imidazole rings is 1. The number of fused-ring (bicyclic) bond motifs is 1. The number of hydrogen-bond donors (Lipinski definition) is 2. The van der Waals surface area contributed by atoms with Crippen LogP contribution in [0.5, 0.6) is 0 Å². The molecule has 1 aliphatic heterocycles. The highest BCUT2D eigenvalue weighted by Gasteiger charge is 2.17. The van der Waals surface area contributed by atoms with Gasteiger partial charge in [-0.05, 0) is 43.5 Å². The molecular weight excluding hydrogens is 390 g/mol. The number of para-hydroxylation sites is 3. The minimum Gasteiger partial charge on any atom is -0.340 e. The van der Waals surface area contributed by atoms with E-state index in [1.54, 1.807) is 0 Å². The topological polar surface area (TPSA) is 91.7 Å². The molecule has 2 aromatic carbocycles. The van der Waals surface area contributed by atoms with Gasteiger partial charge in [-0.3, -0.25) is 14.7 Å². The number of nitrogens with zero attached hydrogens (tertiary/aromatic N) is 5. The zero-order valence-corrected chi connectivity index (χ0v) is 17.3. The third-order valence-corrected chi connectivity index (χ3v) is 5.59. The second kappa shape index (κ2) is 8.59. The molecule has 1 amide bonds. The molecule has 8 nitrogen and oxygen atoms in total. The molecule has 31 heavy (non-hydrogen) atoms. The number of carbonyl (C=O) groups excluding carboxylic acids is 1. The number of benzene rings is 2. The van der Waals surface area contributed by atoms with E-state index in [0.29, 0.717) is 24.7 Å². The van der Waals surface area contributed by atoms with Crippen LogP contribution in [0.2, 0.25) is 0 Å². The van der Waals surface area contributed by atoms with Crippen molar-refractivity contribution in [3.8, 4) is 5.69 Å². The summed E-state index contributed by atoms with van der Waals surface area (Å²) < 4.78 is 2.12. The zero-order chi connectivity index (χ0) is 21.0. The number of rotatable bonds is 6. The number of aromatic amines is 1. The van der Waals surface area contributed by atoms with Crippen LogP contribution in [-0.2, 0) is 11.2 Å². The van der Waals surface area contributed by atoms with Crippen LogP contribution < -0.4 is 10.2 Å². The lowest BCUT2D eigenvalue weighted by atomic mass is 10.1. The summed E-state index contributed by atoms with van der Waals surface area (Å²) in [5, 5.41) is 9.92. The molecule has 0 spiro atoms. The number of hydrogen-bond acceptors (Lipinski definition) is 5. The van der Waals surface area contributed by atoms with Gasteiger partial charge in [-0.1, -0.05) is 30.3 Å². The number of anilines is 2. The fourth-order valence-corrected chi connectivity index (χ4v) is 4.07. The quantitative estimate of drug-likeness (QED) is 0.501. The molecule has 158 valence electrons. The van der Waals surface area contributed by atoms with E-state index < -0.39 is 0 Å². The minimum absolute atomic E-state index is 0.118. The fourth-order valence-electron chi connectivity index (χ4n) is 4.07. The van der Waals surface area contributed by atoms with Gasteiger partial charge >= 0.3 is 0 Å². The summed E-state index contributed by atoms with van der Waals surface area (Å²) in [5.74, 6) is 1.78. The van der Waals surface area contributed by atoms with Crippen LogP contribution >= 0.6 is 0 Å². The highest BCUT2D eigenvalue weighted by Crippen LogP contribution is 2.22. The summed E-state index contributed by atoms with van der Waals surface area (Å²) in [6.45, 7) is 1.92. The number of amides is 1. The van der Waals surface area contributed by atoms with Gasteiger partial charge in [0.05, 0.1) is 11.0 Å². The van der Waals surface area contributed by atoms with Crippen molar-refractivity contribution >= 4 is 28.8 Å². The lowest BCUT2D eigenvalue weighted by Gasteiger charge is -2.24.